The highest BCUT2D eigenvalue weighted by molar-refractivity contribution is 5.65. The van der Waals surface area contributed by atoms with Crippen LogP contribution < -0.4 is 0 Å². The first-order chi connectivity index (χ1) is 12.5. The minimum absolute atomic E-state index is 0.123. The highest BCUT2D eigenvalue weighted by atomic mass is 19.1. The molecule has 0 saturated heterocycles. The van der Waals surface area contributed by atoms with E-state index in [0.29, 0.717) is 24.0 Å². The minimum Gasteiger partial charge on any atom is -0.207 e. The maximum atomic E-state index is 14.4. The Balaban J connectivity index is 1.71. The molecule has 0 aliphatic heterocycles. The average Bonchev–Trinajstić information content (AvgIpc) is 2.59. The summed E-state index contributed by atoms with van der Waals surface area (Å²) in [4.78, 5) is 0. The van der Waals surface area contributed by atoms with Crippen molar-refractivity contribution in [3.8, 4) is 11.1 Å². The monoisotopic (exact) mass is 364 g/mol. The van der Waals surface area contributed by atoms with Crippen molar-refractivity contribution in [1.29, 1.82) is 0 Å². The maximum absolute atomic E-state index is 14.4. The quantitative estimate of drug-likeness (QED) is 0.498. The van der Waals surface area contributed by atoms with Crippen molar-refractivity contribution in [2.24, 2.45) is 11.8 Å². The number of hydrogen-bond donors (Lipinski definition) is 0. The zero-order chi connectivity index (χ0) is 18.7. The van der Waals surface area contributed by atoms with Gasteiger partial charge in [0.25, 0.3) is 0 Å². The predicted octanol–water partition coefficient (Wildman–Crippen LogP) is 7.06. The maximum Gasteiger partial charge on any atom is 0.134 e. The Kier molecular flexibility index (Phi) is 6.00. The normalized spacial score (nSPS) is 20.3. The highest BCUT2D eigenvalue weighted by Crippen LogP contribution is 2.34. The Morgan fingerprint density at radius 2 is 1.31 bits per heavy atom. The van der Waals surface area contributed by atoms with Crippen molar-refractivity contribution in [3.63, 3.8) is 0 Å². The molecule has 0 unspecified atom stereocenters. The number of halogens is 4. The van der Waals surface area contributed by atoms with Gasteiger partial charge in [0.05, 0.1) is 5.56 Å². The molecule has 26 heavy (non-hydrogen) atoms. The van der Waals surface area contributed by atoms with E-state index in [1.165, 1.54) is 44.2 Å². The van der Waals surface area contributed by atoms with E-state index in [1.807, 2.05) is 0 Å². The van der Waals surface area contributed by atoms with Crippen molar-refractivity contribution in [3.05, 3.63) is 59.2 Å². The Morgan fingerprint density at radius 3 is 1.85 bits per heavy atom. The predicted molar refractivity (Wildman–Crippen MR) is 95.8 cm³/mol. The molecule has 2 aromatic rings. The number of benzene rings is 2. The lowest BCUT2D eigenvalue weighted by Gasteiger charge is -2.27. The molecule has 140 valence electrons. The van der Waals surface area contributed by atoms with Gasteiger partial charge in [-0.15, -0.1) is 0 Å². The summed E-state index contributed by atoms with van der Waals surface area (Å²) in [5, 5.41) is 0. The topological polar surface area (TPSA) is 0 Å². The van der Waals surface area contributed by atoms with Gasteiger partial charge in [0.2, 0.25) is 0 Å². The lowest BCUT2D eigenvalue weighted by atomic mass is 9.78. The Labute approximate surface area is 152 Å². The molecule has 0 amide bonds. The molecule has 0 N–H and O–H groups in total. The van der Waals surface area contributed by atoms with Gasteiger partial charge in [0, 0.05) is 6.07 Å². The van der Waals surface area contributed by atoms with Gasteiger partial charge in [-0.25, -0.2) is 17.6 Å². The van der Waals surface area contributed by atoms with Crippen LogP contribution in [0.5, 0.6) is 0 Å². The lowest BCUT2D eigenvalue weighted by Crippen LogP contribution is -2.14. The molecular weight excluding hydrogens is 340 g/mol. The third kappa shape index (κ3) is 4.46. The minimum atomic E-state index is -0.856. The van der Waals surface area contributed by atoms with Crippen molar-refractivity contribution in [2.75, 3.05) is 0 Å². The molecule has 0 radical (unpaired) electrons. The Morgan fingerprint density at radius 1 is 0.769 bits per heavy atom. The third-order valence-electron chi connectivity index (χ3n) is 5.64. The molecule has 2 aromatic carbocycles. The SMILES string of the molecule is CCC1CCC(CCc2cc(F)c(-c3cc(F)cc(F)c3)c(F)c2)CC1. The first kappa shape index (κ1) is 18.9. The summed E-state index contributed by atoms with van der Waals surface area (Å²) in [6.07, 6.45) is 7.62. The van der Waals surface area contributed by atoms with Crippen LogP contribution in [0.1, 0.15) is 51.0 Å². The first-order valence-electron chi connectivity index (χ1n) is 9.40. The fraction of sp³-hybridized carbons (Fsp3) is 0.455. The van der Waals surface area contributed by atoms with Crippen LogP contribution in [0, 0.1) is 35.1 Å². The van der Waals surface area contributed by atoms with Gasteiger partial charge in [-0.1, -0.05) is 39.0 Å². The Bertz CT molecular complexity index is 717. The van der Waals surface area contributed by atoms with Gasteiger partial charge in [0.1, 0.15) is 23.3 Å². The van der Waals surface area contributed by atoms with Gasteiger partial charge in [-0.05, 0) is 60.1 Å². The summed E-state index contributed by atoms with van der Waals surface area (Å²) >= 11 is 0. The van der Waals surface area contributed by atoms with Crippen molar-refractivity contribution in [1.82, 2.24) is 0 Å². The van der Waals surface area contributed by atoms with E-state index in [0.717, 1.165) is 24.5 Å². The zero-order valence-corrected chi connectivity index (χ0v) is 15.0. The van der Waals surface area contributed by atoms with Crippen LogP contribution in [0.15, 0.2) is 30.3 Å². The summed E-state index contributed by atoms with van der Waals surface area (Å²) in [5.41, 5.74) is 0.0933. The van der Waals surface area contributed by atoms with Crippen LogP contribution >= 0.6 is 0 Å². The standard InChI is InChI=1S/C22H24F4/c1-2-14-3-5-15(6-4-14)7-8-16-9-20(25)22(21(26)10-16)17-11-18(23)13-19(24)12-17/h9-15H,2-8H2,1H3. The van der Waals surface area contributed by atoms with Gasteiger partial charge in [-0.2, -0.15) is 0 Å². The van der Waals surface area contributed by atoms with Crippen molar-refractivity contribution < 1.29 is 17.6 Å². The van der Waals surface area contributed by atoms with Crippen LogP contribution in [0.25, 0.3) is 11.1 Å². The molecule has 3 rings (SSSR count). The molecule has 4 heteroatoms. The van der Waals surface area contributed by atoms with E-state index in [1.54, 1.807) is 0 Å². The second-order valence-electron chi connectivity index (χ2n) is 7.43. The second-order valence-corrected chi connectivity index (χ2v) is 7.43. The number of hydrogen-bond acceptors (Lipinski definition) is 0. The summed E-state index contributed by atoms with van der Waals surface area (Å²) in [5.74, 6) is -1.83. The highest BCUT2D eigenvalue weighted by Gasteiger charge is 2.20. The third-order valence-corrected chi connectivity index (χ3v) is 5.64. The van der Waals surface area contributed by atoms with Crippen molar-refractivity contribution >= 4 is 0 Å². The van der Waals surface area contributed by atoms with Crippen LogP contribution in [-0.2, 0) is 6.42 Å². The summed E-state index contributed by atoms with van der Waals surface area (Å²) < 4.78 is 55.6. The molecule has 1 aliphatic rings. The molecule has 0 heterocycles. The van der Waals surface area contributed by atoms with Crippen LogP contribution in [0.3, 0.4) is 0 Å². The van der Waals surface area contributed by atoms with Crippen LogP contribution in [-0.4, -0.2) is 0 Å². The van der Waals surface area contributed by atoms with E-state index in [4.69, 9.17) is 0 Å². The van der Waals surface area contributed by atoms with Crippen molar-refractivity contribution in [2.45, 2.75) is 51.9 Å². The molecular formula is C22H24F4. The molecule has 1 saturated carbocycles. The van der Waals surface area contributed by atoms with E-state index in [-0.39, 0.29) is 11.1 Å². The van der Waals surface area contributed by atoms with Gasteiger partial charge >= 0.3 is 0 Å². The van der Waals surface area contributed by atoms with Gasteiger partial charge in [0.15, 0.2) is 0 Å². The van der Waals surface area contributed by atoms with E-state index < -0.39 is 23.3 Å². The van der Waals surface area contributed by atoms with E-state index in [9.17, 15) is 17.6 Å². The van der Waals surface area contributed by atoms with Gasteiger partial charge in [-0.3, -0.25) is 0 Å². The molecule has 0 bridgehead atoms. The second kappa shape index (κ2) is 8.24. The number of rotatable bonds is 5. The fourth-order valence-corrected chi connectivity index (χ4v) is 4.04. The molecule has 1 aliphatic carbocycles. The van der Waals surface area contributed by atoms with Gasteiger partial charge < -0.3 is 0 Å². The molecule has 0 spiro atoms. The molecule has 0 aromatic heterocycles. The first-order valence-corrected chi connectivity index (χ1v) is 9.40. The summed E-state index contributed by atoms with van der Waals surface area (Å²) in [6.45, 7) is 2.22. The lowest BCUT2D eigenvalue weighted by molar-refractivity contribution is 0.258. The van der Waals surface area contributed by atoms with Crippen LogP contribution in [0.2, 0.25) is 0 Å². The molecule has 0 atom stereocenters. The van der Waals surface area contributed by atoms with Crippen LogP contribution in [0.4, 0.5) is 17.6 Å². The largest absolute Gasteiger partial charge is 0.207 e. The molecule has 0 nitrogen and oxygen atoms in total. The summed E-state index contributed by atoms with van der Waals surface area (Å²) in [6, 6.07) is 5.14. The van der Waals surface area contributed by atoms with E-state index in [2.05, 4.69) is 6.92 Å². The number of aryl methyl sites for hydroxylation is 1. The Hall–Kier alpha value is -1.84. The fourth-order valence-electron chi connectivity index (χ4n) is 4.04. The average molecular weight is 364 g/mol. The summed E-state index contributed by atoms with van der Waals surface area (Å²) in [7, 11) is 0. The smallest absolute Gasteiger partial charge is 0.134 e. The van der Waals surface area contributed by atoms with E-state index >= 15 is 0 Å². The molecule has 1 fully saturated rings. The zero-order valence-electron chi connectivity index (χ0n) is 15.0.